The van der Waals surface area contributed by atoms with Crippen LogP contribution in [0.15, 0.2) is 0 Å². The quantitative estimate of drug-likeness (QED) is 0.603. The Kier molecular flexibility index (Phi) is 4.35. The fourth-order valence-electron chi connectivity index (χ4n) is 1.70. The summed E-state index contributed by atoms with van der Waals surface area (Å²) >= 11 is 0. The summed E-state index contributed by atoms with van der Waals surface area (Å²) in [5, 5.41) is 11.7. The average Bonchev–Trinajstić information content (AvgIpc) is 2.08. The van der Waals surface area contributed by atoms with Crippen LogP contribution in [0.5, 0.6) is 0 Å². The number of aliphatic carboxylic acids is 1. The molecule has 4 heteroatoms. The molecule has 1 rings (SSSR count). The maximum atomic E-state index is 10.2. The highest BCUT2D eigenvalue weighted by Gasteiger charge is 2.36. The van der Waals surface area contributed by atoms with Crippen molar-refractivity contribution >= 4 is 5.97 Å². The van der Waals surface area contributed by atoms with Crippen LogP contribution in [0, 0.1) is 0 Å². The minimum absolute atomic E-state index is 0.0449. The van der Waals surface area contributed by atoms with E-state index in [2.05, 4.69) is 5.32 Å². The molecule has 0 heterocycles. The predicted octanol–water partition coefficient (Wildman–Crippen LogP) is 1.01. The molecule has 0 bridgehead atoms. The third kappa shape index (κ3) is 3.27. The van der Waals surface area contributed by atoms with E-state index in [-0.39, 0.29) is 12.0 Å². The van der Waals surface area contributed by atoms with Gasteiger partial charge in [0.1, 0.15) is 0 Å². The van der Waals surface area contributed by atoms with Crippen LogP contribution in [0.4, 0.5) is 0 Å². The first kappa shape index (κ1) is 11.5. The summed E-state index contributed by atoms with van der Waals surface area (Å²) in [6.45, 7) is 1.61. The summed E-state index contributed by atoms with van der Waals surface area (Å²) in [4.78, 5) is 10.2. The molecule has 0 amide bonds. The van der Waals surface area contributed by atoms with Gasteiger partial charge in [0.25, 0.3) is 0 Å². The maximum absolute atomic E-state index is 10.2. The second kappa shape index (κ2) is 5.32. The van der Waals surface area contributed by atoms with Gasteiger partial charge in [0, 0.05) is 20.1 Å². The molecule has 1 aliphatic rings. The monoisotopic (exact) mass is 201 g/mol. The van der Waals surface area contributed by atoms with Gasteiger partial charge >= 0.3 is 5.97 Å². The minimum Gasteiger partial charge on any atom is -0.481 e. The lowest BCUT2D eigenvalue weighted by atomic mass is 9.80. The largest absolute Gasteiger partial charge is 0.481 e. The van der Waals surface area contributed by atoms with Crippen LogP contribution in [-0.2, 0) is 9.53 Å². The van der Waals surface area contributed by atoms with E-state index in [0.29, 0.717) is 6.42 Å². The lowest BCUT2D eigenvalue weighted by molar-refractivity contribution is -0.137. The molecule has 0 radical (unpaired) electrons. The Bertz CT molecular complexity index is 184. The van der Waals surface area contributed by atoms with E-state index in [9.17, 15) is 4.79 Å². The molecule has 14 heavy (non-hydrogen) atoms. The van der Waals surface area contributed by atoms with E-state index in [0.717, 1.165) is 25.9 Å². The predicted molar refractivity (Wildman–Crippen MR) is 53.3 cm³/mol. The molecule has 0 aromatic rings. The molecule has 0 spiro atoms. The van der Waals surface area contributed by atoms with Crippen molar-refractivity contribution in [1.82, 2.24) is 5.32 Å². The van der Waals surface area contributed by atoms with E-state index >= 15 is 0 Å². The highest BCUT2D eigenvalue weighted by Crippen LogP contribution is 2.34. The first-order chi connectivity index (χ1) is 6.68. The summed E-state index contributed by atoms with van der Waals surface area (Å²) in [5.74, 6) is -0.725. The number of carboxylic acid groups (broad SMARTS) is 1. The molecule has 1 aliphatic carbocycles. The van der Waals surface area contributed by atoms with Crippen LogP contribution in [0.3, 0.4) is 0 Å². The number of hydrogen-bond acceptors (Lipinski definition) is 3. The number of methoxy groups -OCH3 is 1. The minimum atomic E-state index is -0.725. The molecule has 4 nitrogen and oxygen atoms in total. The topological polar surface area (TPSA) is 58.6 Å². The second-order valence-corrected chi connectivity index (χ2v) is 3.91. The van der Waals surface area contributed by atoms with Crippen molar-refractivity contribution in [3.63, 3.8) is 0 Å². The molecule has 1 saturated carbocycles. The van der Waals surface area contributed by atoms with E-state index in [4.69, 9.17) is 9.84 Å². The fraction of sp³-hybridized carbons (Fsp3) is 0.900. The third-order valence-electron chi connectivity index (χ3n) is 2.89. The van der Waals surface area contributed by atoms with Crippen molar-refractivity contribution in [2.45, 2.75) is 37.7 Å². The summed E-state index contributed by atoms with van der Waals surface area (Å²) in [6, 6.07) is 0. The van der Waals surface area contributed by atoms with Crippen molar-refractivity contribution in [2.75, 3.05) is 20.2 Å². The Morgan fingerprint density at radius 3 is 2.71 bits per heavy atom. The average molecular weight is 201 g/mol. The molecule has 0 atom stereocenters. The summed E-state index contributed by atoms with van der Waals surface area (Å²) < 4.78 is 5.42. The molecular weight excluding hydrogens is 182 g/mol. The number of rotatable bonds is 7. The molecule has 1 fully saturated rings. The Balaban J connectivity index is 2.00. The van der Waals surface area contributed by atoms with Crippen LogP contribution in [-0.4, -0.2) is 36.9 Å². The van der Waals surface area contributed by atoms with Gasteiger partial charge < -0.3 is 15.2 Å². The first-order valence-corrected chi connectivity index (χ1v) is 5.16. The normalized spacial score (nSPS) is 18.9. The van der Waals surface area contributed by atoms with Gasteiger partial charge in [-0.3, -0.25) is 4.79 Å². The number of hydrogen-bond donors (Lipinski definition) is 2. The Labute approximate surface area is 84.6 Å². The maximum Gasteiger partial charge on any atom is 0.303 e. The molecule has 2 N–H and O–H groups in total. The number of carboxylic acids is 1. The summed E-state index contributed by atoms with van der Waals surface area (Å²) in [6.07, 6.45) is 4.41. The number of ether oxygens (including phenoxy) is 1. The zero-order valence-corrected chi connectivity index (χ0v) is 8.71. The highest BCUT2D eigenvalue weighted by atomic mass is 16.5. The first-order valence-electron chi connectivity index (χ1n) is 5.16. The zero-order valence-electron chi connectivity index (χ0n) is 8.71. The van der Waals surface area contributed by atoms with Gasteiger partial charge in [-0.15, -0.1) is 0 Å². The summed E-state index contributed by atoms with van der Waals surface area (Å²) in [7, 11) is 1.75. The third-order valence-corrected chi connectivity index (χ3v) is 2.89. The standard InChI is InChI=1S/C10H19NO3/c1-14-10(5-3-6-10)8-11-7-2-4-9(12)13/h11H,2-8H2,1H3,(H,12,13). The SMILES string of the molecule is COC1(CNCCCC(=O)O)CCC1. The molecular formula is C10H19NO3. The van der Waals surface area contributed by atoms with Crippen LogP contribution < -0.4 is 5.32 Å². The van der Waals surface area contributed by atoms with Gasteiger partial charge in [0.2, 0.25) is 0 Å². The van der Waals surface area contributed by atoms with E-state index in [1.165, 1.54) is 6.42 Å². The van der Waals surface area contributed by atoms with Crippen LogP contribution in [0.2, 0.25) is 0 Å². The van der Waals surface area contributed by atoms with E-state index < -0.39 is 5.97 Å². The Morgan fingerprint density at radius 1 is 1.57 bits per heavy atom. The van der Waals surface area contributed by atoms with Crippen molar-refractivity contribution in [2.24, 2.45) is 0 Å². The van der Waals surface area contributed by atoms with Crippen LogP contribution in [0.1, 0.15) is 32.1 Å². The number of nitrogens with one attached hydrogen (secondary N) is 1. The second-order valence-electron chi connectivity index (χ2n) is 3.91. The van der Waals surface area contributed by atoms with Gasteiger partial charge in [-0.2, -0.15) is 0 Å². The molecule has 0 aliphatic heterocycles. The Hall–Kier alpha value is -0.610. The van der Waals surface area contributed by atoms with Gasteiger partial charge in [-0.25, -0.2) is 0 Å². The lowest BCUT2D eigenvalue weighted by Crippen LogP contribution is -2.48. The van der Waals surface area contributed by atoms with Crippen LogP contribution >= 0.6 is 0 Å². The van der Waals surface area contributed by atoms with Crippen LogP contribution in [0.25, 0.3) is 0 Å². The van der Waals surface area contributed by atoms with E-state index in [1.807, 2.05) is 0 Å². The van der Waals surface area contributed by atoms with Gasteiger partial charge in [0.05, 0.1) is 5.60 Å². The van der Waals surface area contributed by atoms with Crippen molar-refractivity contribution in [1.29, 1.82) is 0 Å². The van der Waals surface area contributed by atoms with Crippen molar-refractivity contribution in [3.05, 3.63) is 0 Å². The molecule has 0 unspecified atom stereocenters. The van der Waals surface area contributed by atoms with Crippen molar-refractivity contribution < 1.29 is 14.6 Å². The molecule has 82 valence electrons. The fourth-order valence-corrected chi connectivity index (χ4v) is 1.70. The molecule has 0 saturated heterocycles. The van der Waals surface area contributed by atoms with Crippen molar-refractivity contribution in [3.8, 4) is 0 Å². The zero-order chi connectivity index (χ0) is 10.4. The summed E-state index contributed by atoms with van der Waals surface area (Å²) in [5.41, 5.74) is 0.0449. The lowest BCUT2D eigenvalue weighted by Gasteiger charge is -2.40. The molecule has 0 aromatic carbocycles. The number of carbonyl (C=O) groups is 1. The van der Waals surface area contributed by atoms with Gasteiger partial charge in [0.15, 0.2) is 0 Å². The Morgan fingerprint density at radius 2 is 2.29 bits per heavy atom. The van der Waals surface area contributed by atoms with Gasteiger partial charge in [-0.05, 0) is 32.2 Å². The highest BCUT2D eigenvalue weighted by molar-refractivity contribution is 5.66. The van der Waals surface area contributed by atoms with E-state index in [1.54, 1.807) is 7.11 Å². The molecule has 0 aromatic heterocycles. The smallest absolute Gasteiger partial charge is 0.303 e. The van der Waals surface area contributed by atoms with Gasteiger partial charge in [-0.1, -0.05) is 0 Å².